The number of carbonyl (C=O) groups excluding carboxylic acids is 4. The minimum Gasteiger partial charge on any atom is -0.497 e. The molecule has 0 bridgehead atoms. The van der Waals surface area contributed by atoms with E-state index in [1.807, 2.05) is 0 Å². The molecule has 3 N–H and O–H groups in total. The van der Waals surface area contributed by atoms with Crippen LogP contribution in [0.1, 0.15) is 25.5 Å². The molecule has 150 valence electrons. The van der Waals surface area contributed by atoms with Crippen LogP contribution in [0.4, 0.5) is 4.79 Å². The molecule has 2 aliphatic rings. The number of amides is 5. The van der Waals surface area contributed by atoms with Crippen LogP contribution < -0.4 is 15.8 Å². The Balaban J connectivity index is 2.14. The summed E-state index contributed by atoms with van der Waals surface area (Å²) >= 11 is 0. The zero-order chi connectivity index (χ0) is 20.7. The lowest BCUT2D eigenvalue weighted by molar-refractivity contribution is -0.141. The van der Waals surface area contributed by atoms with Crippen LogP contribution in [0.5, 0.6) is 5.75 Å². The Kier molecular flexibility index (Phi) is 5.01. The van der Waals surface area contributed by atoms with Crippen LogP contribution in [0.3, 0.4) is 0 Å². The van der Waals surface area contributed by atoms with Crippen molar-refractivity contribution in [2.45, 2.75) is 32.0 Å². The number of hydrogen-bond donors (Lipinski definition) is 2. The van der Waals surface area contributed by atoms with Crippen molar-refractivity contribution in [3.05, 3.63) is 29.8 Å². The van der Waals surface area contributed by atoms with Crippen molar-refractivity contribution in [1.82, 2.24) is 15.1 Å². The minimum atomic E-state index is -1.21. The highest BCUT2D eigenvalue weighted by molar-refractivity contribution is 6.09. The van der Waals surface area contributed by atoms with E-state index in [-0.39, 0.29) is 6.04 Å². The number of methoxy groups -OCH3 is 1. The summed E-state index contributed by atoms with van der Waals surface area (Å²) in [5.41, 5.74) is 6.21. The first-order valence-electron chi connectivity index (χ1n) is 9.02. The molecule has 5 amide bonds. The number of rotatable bonds is 4. The lowest BCUT2D eigenvalue weighted by Crippen LogP contribution is -2.54. The third-order valence-corrected chi connectivity index (χ3v) is 5.29. The number of nitrogens with zero attached hydrogens (tertiary/aromatic N) is 2. The number of hydrogen-bond acceptors (Lipinski definition) is 5. The number of likely N-dealkylation sites (tertiary alicyclic amines) is 2. The van der Waals surface area contributed by atoms with Gasteiger partial charge in [-0.05, 0) is 31.5 Å². The molecule has 2 heterocycles. The third kappa shape index (κ3) is 2.96. The summed E-state index contributed by atoms with van der Waals surface area (Å²) in [4.78, 5) is 53.0. The van der Waals surface area contributed by atoms with E-state index in [0.29, 0.717) is 11.3 Å². The van der Waals surface area contributed by atoms with E-state index < -0.39 is 47.7 Å². The molecule has 0 aromatic heterocycles. The Labute approximate surface area is 162 Å². The molecule has 9 heteroatoms. The molecule has 2 aliphatic heterocycles. The average molecular weight is 388 g/mol. The van der Waals surface area contributed by atoms with Gasteiger partial charge in [0.2, 0.25) is 17.7 Å². The van der Waals surface area contributed by atoms with Crippen molar-refractivity contribution in [1.29, 1.82) is 0 Å². The molecule has 3 rings (SSSR count). The van der Waals surface area contributed by atoms with E-state index in [9.17, 15) is 19.2 Å². The number of ether oxygens (including phenoxy) is 1. The van der Waals surface area contributed by atoms with Gasteiger partial charge in [0.05, 0.1) is 25.0 Å². The number of fused-ring (bicyclic) bond motifs is 1. The maximum absolute atomic E-state index is 12.9. The molecule has 0 radical (unpaired) electrons. The van der Waals surface area contributed by atoms with Gasteiger partial charge >= 0.3 is 6.03 Å². The van der Waals surface area contributed by atoms with E-state index in [2.05, 4.69) is 5.32 Å². The van der Waals surface area contributed by atoms with Crippen LogP contribution in [0.2, 0.25) is 0 Å². The minimum absolute atomic E-state index is 0.202. The van der Waals surface area contributed by atoms with Gasteiger partial charge in [0.25, 0.3) is 0 Å². The van der Waals surface area contributed by atoms with Crippen LogP contribution in [-0.2, 0) is 14.4 Å². The standard InChI is InChI=1S/C19H24N4O5/c1-9(2)21-19(27)23-14(10-5-7-11(28-4)8-6-10)12-13(15(23)16(20)24)18(26)22(3)17(12)25/h5-9,12-15H,1-4H3,(H2,20,24)(H,21,27). The monoisotopic (exact) mass is 388 g/mol. The summed E-state index contributed by atoms with van der Waals surface area (Å²) in [7, 11) is 2.91. The number of urea groups is 1. The highest BCUT2D eigenvalue weighted by Crippen LogP contribution is 2.49. The van der Waals surface area contributed by atoms with Crippen LogP contribution in [0.15, 0.2) is 24.3 Å². The molecular formula is C19H24N4O5. The molecule has 2 saturated heterocycles. The second kappa shape index (κ2) is 7.14. The van der Waals surface area contributed by atoms with Crippen LogP contribution in [-0.4, -0.2) is 59.8 Å². The summed E-state index contributed by atoms with van der Waals surface area (Å²) in [5.74, 6) is -3.02. The van der Waals surface area contributed by atoms with Gasteiger partial charge in [0.1, 0.15) is 11.8 Å². The number of carbonyl (C=O) groups is 4. The highest BCUT2D eigenvalue weighted by atomic mass is 16.5. The van der Waals surface area contributed by atoms with Crippen molar-refractivity contribution in [2.75, 3.05) is 14.2 Å². The fourth-order valence-corrected chi connectivity index (χ4v) is 4.10. The molecule has 2 fully saturated rings. The highest BCUT2D eigenvalue weighted by Gasteiger charge is 2.64. The fourth-order valence-electron chi connectivity index (χ4n) is 4.10. The number of benzene rings is 1. The van der Waals surface area contributed by atoms with Crippen molar-refractivity contribution >= 4 is 23.8 Å². The first-order chi connectivity index (χ1) is 13.2. The average Bonchev–Trinajstić information content (AvgIpc) is 3.11. The Morgan fingerprint density at radius 1 is 1.11 bits per heavy atom. The van der Waals surface area contributed by atoms with E-state index in [0.717, 1.165) is 4.90 Å². The number of nitrogens with one attached hydrogen (secondary N) is 1. The molecule has 28 heavy (non-hydrogen) atoms. The van der Waals surface area contributed by atoms with Gasteiger partial charge in [-0.3, -0.25) is 19.3 Å². The largest absolute Gasteiger partial charge is 0.497 e. The van der Waals surface area contributed by atoms with Gasteiger partial charge in [0, 0.05) is 13.1 Å². The fraction of sp³-hybridized carbons (Fsp3) is 0.474. The second-order valence-electron chi connectivity index (χ2n) is 7.36. The normalized spacial score (nSPS) is 26.6. The first-order valence-corrected chi connectivity index (χ1v) is 9.02. The lowest BCUT2D eigenvalue weighted by Gasteiger charge is -2.32. The topological polar surface area (TPSA) is 122 Å². The smallest absolute Gasteiger partial charge is 0.318 e. The molecule has 1 aromatic rings. The number of imide groups is 1. The Morgan fingerprint density at radius 3 is 2.18 bits per heavy atom. The van der Waals surface area contributed by atoms with E-state index >= 15 is 0 Å². The molecule has 4 unspecified atom stereocenters. The van der Waals surface area contributed by atoms with Crippen molar-refractivity contribution in [3.63, 3.8) is 0 Å². The quantitative estimate of drug-likeness (QED) is 0.716. The van der Waals surface area contributed by atoms with Gasteiger partial charge in [0.15, 0.2) is 0 Å². The lowest BCUT2D eigenvalue weighted by atomic mass is 9.86. The zero-order valence-corrected chi connectivity index (χ0v) is 16.2. The molecular weight excluding hydrogens is 364 g/mol. The summed E-state index contributed by atoms with van der Waals surface area (Å²) in [6, 6.07) is 4.08. The second-order valence-corrected chi connectivity index (χ2v) is 7.36. The van der Waals surface area contributed by atoms with Crippen molar-refractivity contribution in [2.24, 2.45) is 17.6 Å². The Bertz CT molecular complexity index is 822. The predicted molar refractivity (Wildman–Crippen MR) is 99.0 cm³/mol. The summed E-state index contributed by atoms with van der Waals surface area (Å²) in [5, 5.41) is 2.74. The van der Waals surface area contributed by atoms with Gasteiger partial charge < -0.3 is 20.7 Å². The molecule has 4 atom stereocenters. The molecule has 0 spiro atoms. The SMILES string of the molecule is COc1ccc(C2C3C(=O)N(C)C(=O)C3C(C(N)=O)N2C(=O)NC(C)C)cc1. The van der Waals surface area contributed by atoms with Crippen LogP contribution >= 0.6 is 0 Å². The third-order valence-electron chi connectivity index (χ3n) is 5.29. The summed E-state index contributed by atoms with van der Waals surface area (Å²) < 4.78 is 5.16. The van der Waals surface area contributed by atoms with E-state index in [1.165, 1.54) is 19.1 Å². The number of primary amides is 1. The van der Waals surface area contributed by atoms with E-state index in [4.69, 9.17) is 10.5 Å². The van der Waals surface area contributed by atoms with Gasteiger partial charge in [-0.1, -0.05) is 12.1 Å². The van der Waals surface area contributed by atoms with Crippen molar-refractivity contribution in [3.8, 4) is 5.75 Å². The van der Waals surface area contributed by atoms with Crippen LogP contribution in [0, 0.1) is 11.8 Å². The van der Waals surface area contributed by atoms with Gasteiger partial charge in [-0.15, -0.1) is 0 Å². The molecule has 0 aliphatic carbocycles. The predicted octanol–water partition coefficient (Wildman–Crippen LogP) is 0.255. The number of nitrogens with two attached hydrogens (primary N) is 1. The Morgan fingerprint density at radius 2 is 1.68 bits per heavy atom. The molecule has 9 nitrogen and oxygen atoms in total. The van der Waals surface area contributed by atoms with Crippen LogP contribution in [0.25, 0.3) is 0 Å². The van der Waals surface area contributed by atoms with Gasteiger partial charge in [-0.25, -0.2) is 4.79 Å². The van der Waals surface area contributed by atoms with Crippen molar-refractivity contribution < 1.29 is 23.9 Å². The maximum Gasteiger partial charge on any atom is 0.318 e. The zero-order valence-electron chi connectivity index (χ0n) is 16.2. The Hall–Kier alpha value is -3.10. The van der Waals surface area contributed by atoms with Gasteiger partial charge in [-0.2, -0.15) is 0 Å². The molecule has 0 saturated carbocycles. The first kappa shape index (κ1) is 19.7. The van der Waals surface area contributed by atoms with E-state index in [1.54, 1.807) is 38.1 Å². The molecule has 1 aromatic carbocycles. The summed E-state index contributed by atoms with van der Waals surface area (Å²) in [6.45, 7) is 3.56. The maximum atomic E-state index is 12.9. The summed E-state index contributed by atoms with van der Waals surface area (Å²) in [6.07, 6.45) is 0.